The van der Waals surface area contributed by atoms with Crippen molar-refractivity contribution in [1.82, 2.24) is 0 Å². The van der Waals surface area contributed by atoms with E-state index in [4.69, 9.17) is 0 Å². The van der Waals surface area contributed by atoms with Gasteiger partial charge < -0.3 is 0 Å². The minimum Gasteiger partial charge on any atom is -0.289 e. The third-order valence-corrected chi connectivity index (χ3v) is 7.20. The van der Waals surface area contributed by atoms with Crippen LogP contribution in [-0.2, 0) is 9.59 Å². The molecule has 30 heavy (non-hydrogen) atoms. The van der Waals surface area contributed by atoms with E-state index in [0.29, 0.717) is 0 Å². The smallest absolute Gasteiger partial charge is 0.185 e. The fourth-order valence-electron chi connectivity index (χ4n) is 4.03. The number of allylic oxidation sites excluding steroid dienone is 10. The maximum Gasteiger partial charge on any atom is 0.185 e. The summed E-state index contributed by atoms with van der Waals surface area (Å²) in [6.45, 7) is 17.1. The SMILES string of the molecule is CCC(C)C1=CC(=C2C=C(C(C)CC)C(=O)C(C(C)CC)=C2)C=C(C(C)CC)C1=O. The van der Waals surface area contributed by atoms with Crippen LogP contribution in [0.1, 0.15) is 81.1 Å². The first-order valence-electron chi connectivity index (χ1n) is 11.9. The Morgan fingerprint density at radius 3 is 0.867 bits per heavy atom. The summed E-state index contributed by atoms with van der Waals surface area (Å²) < 4.78 is 0. The van der Waals surface area contributed by atoms with Gasteiger partial charge in [-0.1, -0.05) is 55.4 Å². The lowest BCUT2D eigenvalue weighted by atomic mass is 9.76. The Balaban J connectivity index is 2.77. The highest BCUT2D eigenvalue weighted by atomic mass is 16.1. The van der Waals surface area contributed by atoms with Gasteiger partial charge in [0.25, 0.3) is 0 Å². The molecule has 0 heterocycles. The van der Waals surface area contributed by atoms with E-state index in [1.54, 1.807) is 0 Å². The van der Waals surface area contributed by atoms with E-state index in [1.807, 2.05) is 0 Å². The number of Topliss-reactive ketones (excluding diaryl/α,β-unsaturated/α-hetero) is 2. The summed E-state index contributed by atoms with van der Waals surface area (Å²) in [6, 6.07) is 0. The summed E-state index contributed by atoms with van der Waals surface area (Å²) in [4.78, 5) is 26.4. The maximum atomic E-state index is 13.2. The Morgan fingerprint density at radius 1 is 0.500 bits per heavy atom. The Kier molecular flexibility index (Phi) is 8.41. The van der Waals surface area contributed by atoms with Crippen LogP contribution in [0.3, 0.4) is 0 Å². The highest BCUT2D eigenvalue weighted by molar-refractivity contribution is 6.12. The topological polar surface area (TPSA) is 34.1 Å². The molecule has 0 aliphatic heterocycles. The molecule has 2 rings (SSSR count). The summed E-state index contributed by atoms with van der Waals surface area (Å²) in [5, 5.41) is 0. The average molecular weight is 409 g/mol. The van der Waals surface area contributed by atoms with E-state index >= 15 is 0 Å². The van der Waals surface area contributed by atoms with Crippen LogP contribution in [0.25, 0.3) is 0 Å². The summed E-state index contributed by atoms with van der Waals surface area (Å²) in [5.41, 5.74) is 5.79. The van der Waals surface area contributed by atoms with Crippen LogP contribution in [0.15, 0.2) is 57.7 Å². The summed E-state index contributed by atoms with van der Waals surface area (Å²) in [5.74, 6) is 1.30. The van der Waals surface area contributed by atoms with Gasteiger partial charge in [0.1, 0.15) is 0 Å². The molecule has 0 radical (unpaired) electrons. The minimum atomic E-state index is 0.201. The molecule has 0 spiro atoms. The van der Waals surface area contributed by atoms with Crippen LogP contribution in [0.4, 0.5) is 0 Å². The monoisotopic (exact) mass is 408 g/mol. The fourth-order valence-corrected chi connectivity index (χ4v) is 4.03. The van der Waals surface area contributed by atoms with Crippen LogP contribution in [-0.4, -0.2) is 11.6 Å². The molecule has 0 aromatic rings. The van der Waals surface area contributed by atoms with Gasteiger partial charge >= 0.3 is 0 Å². The molecule has 0 aromatic heterocycles. The lowest BCUT2D eigenvalue weighted by molar-refractivity contribution is -0.114. The number of ketones is 2. The van der Waals surface area contributed by atoms with Gasteiger partial charge in [0.05, 0.1) is 0 Å². The number of hydrogen-bond donors (Lipinski definition) is 0. The van der Waals surface area contributed by atoms with E-state index < -0.39 is 0 Å². The maximum absolute atomic E-state index is 13.2. The van der Waals surface area contributed by atoms with Crippen LogP contribution >= 0.6 is 0 Å². The van der Waals surface area contributed by atoms with Crippen molar-refractivity contribution in [2.45, 2.75) is 81.1 Å². The molecule has 0 fully saturated rings. The fraction of sp³-hybridized carbons (Fsp3) is 0.571. The van der Waals surface area contributed by atoms with Crippen molar-refractivity contribution in [1.29, 1.82) is 0 Å². The van der Waals surface area contributed by atoms with E-state index in [9.17, 15) is 9.59 Å². The third kappa shape index (κ3) is 4.85. The van der Waals surface area contributed by atoms with Gasteiger partial charge in [0.2, 0.25) is 0 Å². The van der Waals surface area contributed by atoms with Crippen molar-refractivity contribution in [2.24, 2.45) is 23.7 Å². The van der Waals surface area contributed by atoms with E-state index in [2.05, 4.69) is 79.7 Å². The number of carbonyl (C=O) groups is 2. The molecule has 0 bridgehead atoms. The lowest BCUT2D eigenvalue weighted by Crippen LogP contribution is -2.22. The van der Waals surface area contributed by atoms with Crippen molar-refractivity contribution in [3.05, 3.63) is 57.7 Å². The summed E-state index contributed by atoms with van der Waals surface area (Å²) >= 11 is 0. The molecule has 4 unspecified atom stereocenters. The predicted molar refractivity (Wildman–Crippen MR) is 127 cm³/mol. The zero-order chi connectivity index (χ0) is 22.6. The van der Waals surface area contributed by atoms with E-state index in [0.717, 1.165) is 59.1 Å². The van der Waals surface area contributed by atoms with Crippen LogP contribution in [0.5, 0.6) is 0 Å². The second-order valence-electron chi connectivity index (χ2n) is 9.20. The number of hydrogen-bond acceptors (Lipinski definition) is 2. The molecular formula is C28H40O2. The minimum absolute atomic E-state index is 0.201. The Bertz CT molecular complexity index is 710. The van der Waals surface area contributed by atoms with E-state index in [1.165, 1.54) is 0 Å². The second kappa shape index (κ2) is 10.4. The van der Waals surface area contributed by atoms with Crippen LogP contribution in [0.2, 0.25) is 0 Å². The molecule has 0 saturated heterocycles. The summed E-state index contributed by atoms with van der Waals surface area (Å²) in [7, 11) is 0. The highest BCUT2D eigenvalue weighted by Crippen LogP contribution is 2.36. The molecular weight excluding hydrogens is 368 g/mol. The first-order valence-corrected chi connectivity index (χ1v) is 11.9. The zero-order valence-electron chi connectivity index (χ0n) is 20.3. The van der Waals surface area contributed by atoms with Gasteiger partial charge in [-0.3, -0.25) is 9.59 Å². The lowest BCUT2D eigenvalue weighted by Gasteiger charge is -2.26. The molecule has 2 heteroatoms. The third-order valence-electron chi connectivity index (χ3n) is 7.20. The van der Waals surface area contributed by atoms with Gasteiger partial charge in [-0.2, -0.15) is 0 Å². The van der Waals surface area contributed by atoms with Gasteiger partial charge in [-0.25, -0.2) is 0 Å². The van der Waals surface area contributed by atoms with Gasteiger partial charge in [-0.15, -0.1) is 0 Å². The van der Waals surface area contributed by atoms with Crippen molar-refractivity contribution < 1.29 is 9.59 Å². The van der Waals surface area contributed by atoms with Crippen molar-refractivity contribution in [2.75, 3.05) is 0 Å². The highest BCUT2D eigenvalue weighted by Gasteiger charge is 2.30. The number of carbonyl (C=O) groups excluding carboxylic acids is 2. The molecule has 0 amide bonds. The molecule has 0 aromatic carbocycles. The first-order chi connectivity index (χ1) is 14.2. The van der Waals surface area contributed by atoms with Crippen molar-refractivity contribution in [3.63, 3.8) is 0 Å². The molecule has 2 aliphatic carbocycles. The molecule has 0 N–H and O–H groups in total. The van der Waals surface area contributed by atoms with Crippen LogP contribution < -0.4 is 0 Å². The first kappa shape index (κ1) is 24.3. The van der Waals surface area contributed by atoms with Gasteiger partial charge in [0, 0.05) is 22.3 Å². The average Bonchev–Trinajstić information content (AvgIpc) is 2.77. The Hall–Kier alpha value is -1.96. The summed E-state index contributed by atoms with van der Waals surface area (Å²) in [6.07, 6.45) is 12.1. The Morgan fingerprint density at radius 2 is 0.700 bits per heavy atom. The standard InChI is InChI=1S/C28H40O2/c1-9-17(5)23-13-21(14-24(27(23)29)18(6)10-2)22-15-25(19(7)11-3)28(30)26(16-22)20(8)12-4/h13-20H,9-12H2,1-8H3. The van der Waals surface area contributed by atoms with E-state index in [-0.39, 0.29) is 35.2 Å². The van der Waals surface area contributed by atoms with Crippen LogP contribution in [0, 0.1) is 23.7 Å². The molecule has 164 valence electrons. The molecule has 2 aliphatic rings. The second-order valence-corrected chi connectivity index (χ2v) is 9.20. The largest absolute Gasteiger partial charge is 0.289 e. The molecule has 0 saturated carbocycles. The number of rotatable bonds is 8. The van der Waals surface area contributed by atoms with Crippen molar-refractivity contribution in [3.8, 4) is 0 Å². The molecule has 2 nitrogen and oxygen atoms in total. The zero-order valence-corrected chi connectivity index (χ0v) is 20.3. The quantitative estimate of drug-likeness (QED) is 0.421. The predicted octanol–water partition coefficient (Wildman–Crippen LogP) is 7.34. The molecule has 4 atom stereocenters. The normalized spacial score (nSPS) is 21.5. The Labute approximate surface area is 183 Å². The van der Waals surface area contributed by atoms with Gasteiger partial charge in [-0.05, 0) is 84.8 Å². The van der Waals surface area contributed by atoms with Crippen molar-refractivity contribution >= 4 is 11.6 Å². The van der Waals surface area contributed by atoms with Gasteiger partial charge in [0.15, 0.2) is 11.6 Å².